The molecular weight excluding hydrogens is 298 g/mol. The van der Waals surface area contributed by atoms with E-state index in [0.717, 1.165) is 18.2 Å². The maximum absolute atomic E-state index is 13.1. The van der Waals surface area contributed by atoms with E-state index in [1.165, 1.54) is 4.31 Å². The second kappa shape index (κ2) is 6.13. The second-order valence-electron chi connectivity index (χ2n) is 4.24. The average molecular weight is 313 g/mol. The summed E-state index contributed by atoms with van der Waals surface area (Å²) in [6, 6.07) is 2.42. The Morgan fingerprint density at radius 2 is 2.00 bits per heavy atom. The normalized spacial score (nSPS) is 20.9. The van der Waals surface area contributed by atoms with Gasteiger partial charge in [-0.1, -0.05) is 0 Å². The van der Waals surface area contributed by atoms with Crippen LogP contribution in [0, 0.1) is 11.6 Å². The predicted molar refractivity (Wildman–Crippen MR) is 69.8 cm³/mol. The lowest BCUT2D eigenvalue weighted by atomic mass is 10.3. The molecule has 2 rings (SSSR count). The molecule has 0 saturated carbocycles. The zero-order valence-electron chi connectivity index (χ0n) is 10.3. The first kappa shape index (κ1) is 16.3. The molecule has 4 nitrogen and oxygen atoms in total. The minimum atomic E-state index is -3.76. The molecule has 108 valence electrons. The van der Waals surface area contributed by atoms with Gasteiger partial charge in [-0.15, -0.1) is 12.4 Å². The molecule has 1 N–H and O–H groups in total. The fraction of sp³-hybridized carbons (Fsp3) is 0.455. The molecule has 0 radical (unpaired) electrons. The van der Waals surface area contributed by atoms with Gasteiger partial charge in [-0.05, 0) is 25.1 Å². The molecule has 0 amide bonds. The fourth-order valence-corrected chi connectivity index (χ4v) is 3.60. The van der Waals surface area contributed by atoms with Gasteiger partial charge in [-0.2, -0.15) is 4.31 Å². The van der Waals surface area contributed by atoms with E-state index in [0.29, 0.717) is 19.6 Å². The van der Waals surface area contributed by atoms with Crippen molar-refractivity contribution in [1.29, 1.82) is 0 Å². The Bertz CT molecular complexity index is 554. The molecule has 1 heterocycles. The smallest absolute Gasteiger partial charge is 0.243 e. The summed E-state index contributed by atoms with van der Waals surface area (Å²) in [6.07, 6.45) is 0. The lowest BCUT2D eigenvalue weighted by Crippen LogP contribution is -2.52. The Morgan fingerprint density at radius 3 is 2.58 bits per heavy atom. The Hall–Kier alpha value is -0.760. The Labute approximate surface area is 117 Å². The lowest BCUT2D eigenvalue weighted by Gasteiger charge is -2.32. The fourth-order valence-electron chi connectivity index (χ4n) is 1.95. The van der Waals surface area contributed by atoms with Gasteiger partial charge in [-0.3, -0.25) is 0 Å². The summed E-state index contributed by atoms with van der Waals surface area (Å²) in [5.74, 6) is -2.21. The Morgan fingerprint density at radius 1 is 1.32 bits per heavy atom. The predicted octanol–water partition coefficient (Wildman–Crippen LogP) is 1.37. The molecule has 0 bridgehead atoms. The number of halogens is 3. The van der Waals surface area contributed by atoms with Gasteiger partial charge in [-0.25, -0.2) is 17.2 Å². The number of nitrogens with zero attached hydrogens (tertiary/aromatic N) is 1. The second-order valence-corrected chi connectivity index (χ2v) is 6.14. The summed E-state index contributed by atoms with van der Waals surface area (Å²) in [5, 5.41) is 3.07. The van der Waals surface area contributed by atoms with Gasteiger partial charge in [0.15, 0.2) is 11.6 Å². The van der Waals surface area contributed by atoms with Crippen LogP contribution >= 0.6 is 12.4 Å². The van der Waals surface area contributed by atoms with Crippen molar-refractivity contribution >= 4 is 22.4 Å². The lowest BCUT2D eigenvalue weighted by molar-refractivity contribution is 0.283. The van der Waals surface area contributed by atoms with E-state index in [1.807, 2.05) is 0 Å². The van der Waals surface area contributed by atoms with E-state index in [2.05, 4.69) is 5.32 Å². The van der Waals surface area contributed by atoms with Gasteiger partial charge >= 0.3 is 0 Å². The molecule has 0 aliphatic carbocycles. The van der Waals surface area contributed by atoms with E-state index in [-0.39, 0.29) is 23.3 Å². The van der Waals surface area contributed by atoms with Crippen LogP contribution in [0.1, 0.15) is 6.92 Å². The average Bonchev–Trinajstić information content (AvgIpc) is 2.33. The summed E-state index contributed by atoms with van der Waals surface area (Å²) in [4.78, 5) is -0.213. The van der Waals surface area contributed by atoms with Crippen molar-refractivity contribution in [3.8, 4) is 0 Å². The first-order valence-corrected chi connectivity index (χ1v) is 7.04. The maximum Gasteiger partial charge on any atom is 0.243 e. The SMILES string of the molecule is CC1CNCCN1S(=O)(=O)c1ccc(F)c(F)c1.Cl. The third-order valence-corrected chi connectivity index (χ3v) is 4.95. The summed E-state index contributed by atoms with van der Waals surface area (Å²) < 4.78 is 51.8. The number of piperazine rings is 1. The highest BCUT2D eigenvalue weighted by Gasteiger charge is 2.31. The quantitative estimate of drug-likeness (QED) is 0.897. The molecule has 1 aromatic carbocycles. The summed E-state index contributed by atoms with van der Waals surface area (Å²) >= 11 is 0. The molecule has 0 aromatic heterocycles. The highest BCUT2D eigenvalue weighted by atomic mass is 35.5. The van der Waals surface area contributed by atoms with Gasteiger partial charge in [0.1, 0.15) is 0 Å². The summed E-state index contributed by atoms with van der Waals surface area (Å²) in [6.45, 7) is 3.18. The van der Waals surface area contributed by atoms with Crippen LogP contribution in [0.3, 0.4) is 0 Å². The molecule has 1 unspecified atom stereocenters. The molecule has 1 aliphatic rings. The highest BCUT2D eigenvalue weighted by Crippen LogP contribution is 2.21. The number of sulfonamides is 1. The number of hydrogen-bond donors (Lipinski definition) is 1. The van der Waals surface area contributed by atoms with E-state index in [1.54, 1.807) is 6.92 Å². The molecule has 1 saturated heterocycles. The molecule has 8 heteroatoms. The van der Waals surface area contributed by atoms with Crippen LogP contribution in [0.5, 0.6) is 0 Å². The largest absolute Gasteiger partial charge is 0.314 e. The minimum Gasteiger partial charge on any atom is -0.314 e. The summed E-state index contributed by atoms with van der Waals surface area (Å²) in [7, 11) is -3.76. The standard InChI is InChI=1S/C11H14F2N2O2S.ClH/c1-8-7-14-4-5-15(8)18(16,17)9-2-3-10(12)11(13)6-9;/h2-3,6,8,14H,4-5,7H2,1H3;1H. The van der Waals surface area contributed by atoms with Crippen LogP contribution in [0.15, 0.2) is 23.1 Å². The van der Waals surface area contributed by atoms with Gasteiger partial charge in [0.2, 0.25) is 10.0 Å². The van der Waals surface area contributed by atoms with E-state index in [9.17, 15) is 17.2 Å². The molecule has 19 heavy (non-hydrogen) atoms. The zero-order valence-corrected chi connectivity index (χ0v) is 11.9. The van der Waals surface area contributed by atoms with Gasteiger partial charge in [0.05, 0.1) is 4.90 Å². The van der Waals surface area contributed by atoms with Crippen molar-refractivity contribution in [1.82, 2.24) is 9.62 Å². The molecule has 0 spiro atoms. The van der Waals surface area contributed by atoms with Crippen molar-refractivity contribution in [2.75, 3.05) is 19.6 Å². The summed E-state index contributed by atoms with van der Waals surface area (Å²) in [5.41, 5.74) is 0. The van der Waals surface area contributed by atoms with Crippen LogP contribution in [0.25, 0.3) is 0 Å². The number of hydrogen-bond acceptors (Lipinski definition) is 3. The first-order chi connectivity index (χ1) is 8.43. The first-order valence-electron chi connectivity index (χ1n) is 5.60. The van der Waals surface area contributed by atoms with Crippen molar-refractivity contribution in [2.45, 2.75) is 17.9 Å². The van der Waals surface area contributed by atoms with E-state index >= 15 is 0 Å². The molecule has 1 atom stereocenters. The van der Waals surface area contributed by atoms with Crippen LogP contribution in [0.4, 0.5) is 8.78 Å². The van der Waals surface area contributed by atoms with Crippen LogP contribution in [-0.4, -0.2) is 38.4 Å². The number of benzene rings is 1. The van der Waals surface area contributed by atoms with Gasteiger partial charge in [0, 0.05) is 25.7 Å². The topological polar surface area (TPSA) is 49.4 Å². The van der Waals surface area contributed by atoms with Gasteiger partial charge in [0.25, 0.3) is 0 Å². The molecule has 1 aromatic rings. The van der Waals surface area contributed by atoms with Crippen LogP contribution in [0.2, 0.25) is 0 Å². The van der Waals surface area contributed by atoms with Crippen LogP contribution < -0.4 is 5.32 Å². The highest BCUT2D eigenvalue weighted by molar-refractivity contribution is 7.89. The van der Waals surface area contributed by atoms with Gasteiger partial charge < -0.3 is 5.32 Å². The molecule has 1 fully saturated rings. The number of rotatable bonds is 2. The van der Waals surface area contributed by atoms with E-state index in [4.69, 9.17) is 0 Å². The van der Waals surface area contributed by atoms with Crippen LogP contribution in [-0.2, 0) is 10.0 Å². The van der Waals surface area contributed by atoms with Crippen molar-refractivity contribution in [3.63, 3.8) is 0 Å². The van der Waals surface area contributed by atoms with Crippen molar-refractivity contribution < 1.29 is 17.2 Å². The van der Waals surface area contributed by atoms with Crippen molar-refractivity contribution in [2.24, 2.45) is 0 Å². The molecular formula is C11H15ClF2N2O2S. The monoisotopic (exact) mass is 312 g/mol. The molecule has 1 aliphatic heterocycles. The number of nitrogens with one attached hydrogen (secondary N) is 1. The Kier molecular flexibility index (Phi) is 5.26. The maximum atomic E-state index is 13.1. The minimum absolute atomic E-state index is 0. The third-order valence-electron chi connectivity index (χ3n) is 2.94. The van der Waals surface area contributed by atoms with E-state index < -0.39 is 21.7 Å². The van der Waals surface area contributed by atoms with Crippen molar-refractivity contribution in [3.05, 3.63) is 29.8 Å². The Balaban J connectivity index is 0.00000180. The third kappa shape index (κ3) is 3.22. The zero-order chi connectivity index (χ0) is 13.3.